The van der Waals surface area contributed by atoms with Gasteiger partial charge in [-0.1, -0.05) is 35.0 Å². The molecule has 3 aromatic carbocycles. The van der Waals surface area contributed by atoms with Crippen molar-refractivity contribution in [3.63, 3.8) is 0 Å². The molecule has 0 aliphatic carbocycles. The second-order valence-electron chi connectivity index (χ2n) is 8.35. The average Bonchev–Trinajstić information content (AvgIpc) is 2.86. The lowest BCUT2D eigenvalue weighted by atomic mass is 10.00. The number of carbonyl (C=O) groups excluding carboxylic acids is 2. The summed E-state index contributed by atoms with van der Waals surface area (Å²) in [6, 6.07) is 9.09. The molecule has 3 aromatic rings. The van der Waals surface area contributed by atoms with Gasteiger partial charge in [0.2, 0.25) is 5.60 Å². The first-order valence-corrected chi connectivity index (χ1v) is 11.8. The second-order valence-corrected chi connectivity index (χ2v) is 9.20. The maximum absolute atomic E-state index is 13.8. The first-order valence-electron chi connectivity index (χ1n) is 11.0. The van der Waals surface area contributed by atoms with Gasteiger partial charge < -0.3 is 20.3 Å². The van der Waals surface area contributed by atoms with Gasteiger partial charge in [0.1, 0.15) is 11.6 Å². The maximum atomic E-state index is 13.8. The first-order chi connectivity index (χ1) is 18.6. The van der Waals surface area contributed by atoms with E-state index in [9.17, 15) is 37.1 Å². The van der Waals surface area contributed by atoms with Crippen molar-refractivity contribution in [2.45, 2.75) is 18.7 Å². The van der Waals surface area contributed by atoms with Gasteiger partial charge in [0, 0.05) is 16.1 Å². The van der Waals surface area contributed by atoms with Crippen LogP contribution < -0.4 is 10.1 Å². The van der Waals surface area contributed by atoms with E-state index in [0.29, 0.717) is 12.1 Å². The summed E-state index contributed by atoms with van der Waals surface area (Å²) in [5.74, 6) is -0.161. The van der Waals surface area contributed by atoms with Crippen LogP contribution in [0.25, 0.3) is 0 Å². The predicted molar refractivity (Wildman–Crippen MR) is 137 cm³/mol. The Hall–Kier alpha value is -4.11. The molecule has 0 fully saturated rings. The molecule has 13 heteroatoms. The third kappa shape index (κ3) is 7.72. The van der Waals surface area contributed by atoms with Crippen molar-refractivity contribution in [1.82, 2.24) is 0 Å². The molecule has 208 valence electrons. The Labute approximate surface area is 234 Å². The van der Waals surface area contributed by atoms with Gasteiger partial charge in [0.25, 0.3) is 5.91 Å². The molecule has 0 aromatic heterocycles. The third-order valence-electron chi connectivity index (χ3n) is 5.14. The number of hydrogen-bond acceptors (Lipinski definition) is 5. The van der Waals surface area contributed by atoms with E-state index < -0.39 is 53.0 Å². The summed E-state index contributed by atoms with van der Waals surface area (Å²) in [6.45, 7) is 0.328. The number of hydrogen-bond donors (Lipinski definition) is 3. The Bertz CT molecular complexity index is 1560. The van der Waals surface area contributed by atoms with Crippen LogP contribution in [-0.2, 0) is 15.8 Å². The van der Waals surface area contributed by atoms with Gasteiger partial charge in [-0.15, -0.1) is 0 Å². The van der Waals surface area contributed by atoms with Gasteiger partial charge in [-0.2, -0.15) is 13.2 Å². The second kappa shape index (κ2) is 12.0. The summed E-state index contributed by atoms with van der Waals surface area (Å²) in [6.07, 6.45) is -4.90. The molecule has 0 heterocycles. The lowest BCUT2D eigenvalue weighted by Gasteiger charge is -2.13. The molecule has 1 unspecified atom stereocenters. The molecule has 1 amide bonds. The number of carbonyl (C=O) groups is 3. The molecule has 0 spiro atoms. The highest BCUT2D eigenvalue weighted by atomic mass is 35.5. The van der Waals surface area contributed by atoms with Gasteiger partial charge in [-0.25, -0.2) is 9.18 Å². The SMILES string of the molecule is CC(O)(C#Cc1ccc(NC(=O)COc2ccc(Cl)cc2C(=O)c2cc(F)cc(C(F)(F)F)c2)c(Cl)c1)C(=O)O. The quantitative estimate of drug-likeness (QED) is 0.186. The number of amides is 1. The van der Waals surface area contributed by atoms with Crippen LogP contribution in [0.4, 0.5) is 23.2 Å². The molecule has 1 atom stereocenters. The molecule has 0 aliphatic heterocycles. The van der Waals surface area contributed by atoms with Crippen LogP contribution in [0, 0.1) is 17.7 Å². The van der Waals surface area contributed by atoms with Crippen molar-refractivity contribution in [2.24, 2.45) is 0 Å². The molecule has 0 radical (unpaired) electrons. The number of anilines is 1. The zero-order valence-electron chi connectivity index (χ0n) is 20.2. The van der Waals surface area contributed by atoms with E-state index in [4.69, 9.17) is 33.0 Å². The highest BCUT2D eigenvalue weighted by Crippen LogP contribution is 2.32. The number of benzene rings is 3. The number of aliphatic hydroxyl groups is 1. The van der Waals surface area contributed by atoms with Crippen LogP contribution in [0.1, 0.15) is 34.0 Å². The number of ketones is 1. The standard InChI is InChI=1S/C27H17Cl2F4NO6/c1-26(39,25(37)38)7-6-14-2-4-21(20(29)8-14)34-23(35)13-40-22-5-3-17(28)12-19(22)24(36)15-9-16(27(31,32)33)11-18(30)10-15/h2-5,8-12,39H,13H2,1H3,(H,34,35)(H,37,38). The minimum atomic E-state index is -4.90. The van der Waals surface area contributed by atoms with Crippen molar-refractivity contribution < 1.29 is 46.9 Å². The normalized spacial score (nSPS) is 12.5. The first kappa shape index (κ1) is 30.4. The van der Waals surface area contributed by atoms with E-state index in [-0.39, 0.29) is 38.7 Å². The number of aliphatic carboxylic acids is 1. The minimum Gasteiger partial charge on any atom is -0.483 e. The Morgan fingerprint density at radius 2 is 1.73 bits per heavy atom. The Kier molecular flexibility index (Phi) is 9.10. The monoisotopic (exact) mass is 597 g/mol. The van der Waals surface area contributed by atoms with Crippen LogP contribution in [0.5, 0.6) is 5.75 Å². The fraction of sp³-hybridized carbons (Fsp3) is 0.148. The van der Waals surface area contributed by atoms with E-state index in [1.807, 2.05) is 0 Å². The molecule has 3 rings (SSSR count). The third-order valence-corrected chi connectivity index (χ3v) is 5.69. The van der Waals surface area contributed by atoms with E-state index >= 15 is 0 Å². The van der Waals surface area contributed by atoms with Crippen molar-refractivity contribution >= 4 is 46.5 Å². The van der Waals surface area contributed by atoms with Gasteiger partial charge >= 0.3 is 12.1 Å². The van der Waals surface area contributed by atoms with Crippen LogP contribution in [0.2, 0.25) is 10.0 Å². The molecule has 0 saturated carbocycles. The summed E-state index contributed by atoms with van der Waals surface area (Å²) in [7, 11) is 0. The summed E-state index contributed by atoms with van der Waals surface area (Å²) in [5.41, 5.74) is -4.19. The number of carboxylic acid groups (broad SMARTS) is 1. The summed E-state index contributed by atoms with van der Waals surface area (Å²) in [5, 5.41) is 21.1. The van der Waals surface area contributed by atoms with Crippen molar-refractivity contribution in [1.29, 1.82) is 0 Å². The zero-order valence-corrected chi connectivity index (χ0v) is 21.7. The van der Waals surface area contributed by atoms with E-state index in [1.54, 1.807) is 0 Å². The van der Waals surface area contributed by atoms with E-state index in [2.05, 4.69) is 17.2 Å². The number of alkyl halides is 3. The van der Waals surface area contributed by atoms with Crippen LogP contribution in [0.3, 0.4) is 0 Å². The number of rotatable bonds is 7. The smallest absolute Gasteiger partial charge is 0.416 e. The van der Waals surface area contributed by atoms with Crippen molar-refractivity contribution in [3.8, 4) is 17.6 Å². The maximum Gasteiger partial charge on any atom is 0.416 e. The predicted octanol–water partition coefficient (Wildman–Crippen LogP) is 5.59. The Morgan fingerprint density at radius 3 is 2.35 bits per heavy atom. The molecule has 3 N–H and O–H groups in total. The lowest BCUT2D eigenvalue weighted by Crippen LogP contribution is -2.32. The molecule has 0 aliphatic rings. The van der Waals surface area contributed by atoms with Gasteiger partial charge in [-0.05, 0) is 61.5 Å². The van der Waals surface area contributed by atoms with Gasteiger partial charge in [0.05, 0.1) is 21.8 Å². The lowest BCUT2D eigenvalue weighted by molar-refractivity contribution is -0.151. The van der Waals surface area contributed by atoms with Crippen molar-refractivity contribution in [3.05, 3.63) is 92.7 Å². The van der Waals surface area contributed by atoms with Crippen molar-refractivity contribution in [2.75, 3.05) is 11.9 Å². The van der Waals surface area contributed by atoms with Gasteiger partial charge in [-0.3, -0.25) is 9.59 Å². The Balaban J connectivity index is 1.76. The fourth-order valence-electron chi connectivity index (χ4n) is 3.12. The average molecular weight is 598 g/mol. The highest BCUT2D eigenvalue weighted by molar-refractivity contribution is 6.33. The highest BCUT2D eigenvalue weighted by Gasteiger charge is 2.32. The minimum absolute atomic E-state index is 0.0176. The molecule has 0 saturated heterocycles. The van der Waals surface area contributed by atoms with Crippen LogP contribution >= 0.6 is 23.2 Å². The fourth-order valence-corrected chi connectivity index (χ4v) is 3.52. The molecule has 40 heavy (non-hydrogen) atoms. The number of carboxylic acids is 1. The van der Waals surface area contributed by atoms with E-state index in [0.717, 1.165) is 13.0 Å². The topological polar surface area (TPSA) is 113 Å². The number of nitrogens with one attached hydrogen (secondary N) is 1. The number of halogens is 6. The molecular formula is C27H17Cl2F4NO6. The van der Waals surface area contributed by atoms with E-state index in [1.165, 1.54) is 30.3 Å². The van der Waals surface area contributed by atoms with Crippen LogP contribution in [0.15, 0.2) is 54.6 Å². The number of ether oxygens (including phenoxy) is 1. The van der Waals surface area contributed by atoms with Gasteiger partial charge in [0.15, 0.2) is 12.4 Å². The zero-order chi connectivity index (χ0) is 29.8. The summed E-state index contributed by atoms with van der Waals surface area (Å²) >= 11 is 12.1. The Morgan fingerprint density at radius 1 is 1.02 bits per heavy atom. The molecule has 7 nitrogen and oxygen atoms in total. The summed E-state index contributed by atoms with van der Waals surface area (Å²) in [4.78, 5) is 36.4. The molecular weight excluding hydrogens is 581 g/mol. The summed E-state index contributed by atoms with van der Waals surface area (Å²) < 4.78 is 58.5. The van der Waals surface area contributed by atoms with Crippen LogP contribution in [-0.4, -0.2) is 40.1 Å². The molecule has 0 bridgehead atoms. The largest absolute Gasteiger partial charge is 0.483 e.